The first-order valence-corrected chi connectivity index (χ1v) is 7.66. The van der Waals surface area contributed by atoms with Crippen LogP contribution in [0.2, 0.25) is 0 Å². The smallest absolute Gasteiger partial charge is 0.118 e. The second-order valence-electron chi connectivity index (χ2n) is 5.33. The van der Waals surface area contributed by atoms with Crippen molar-refractivity contribution < 1.29 is 9.15 Å². The third kappa shape index (κ3) is 4.73. The number of ether oxygens (including phenoxy) is 1. The fourth-order valence-corrected chi connectivity index (χ4v) is 2.24. The van der Waals surface area contributed by atoms with E-state index in [2.05, 4.69) is 37.4 Å². The molecule has 0 spiro atoms. The van der Waals surface area contributed by atoms with Gasteiger partial charge in [-0.15, -0.1) is 0 Å². The molecular weight excluding hydrogens is 262 g/mol. The van der Waals surface area contributed by atoms with Gasteiger partial charge in [-0.25, -0.2) is 0 Å². The third-order valence-electron chi connectivity index (χ3n) is 3.56. The van der Waals surface area contributed by atoms with Gasteiger partial charge >= 0.3 is 0 Å². The van der Waals surface area contributed by atoms with Crippen molar-refractivity contribution in [2.24, 2.45) is 0 Å². The topological polar surface area (TPSA) is 34.4 Å². The van der Waals surface area contributed by atoms with Crippen LogP contribution in [0.4, 0.5) is 0 Å². The van der Waals surface area contributed by atoms with Crippen LogP contribution in [0.15, 0.2) is 40.8 Å². The summed E-state index contributed by atoms with van der Waals surface area (Å²) in [6.07, 6.45) is 1.21. The average molecular weight is 287 g/mol. The summed E-state index contributed by atoms with van der Waals surface area (Å²) < 4.78 is 11.7. The molecule has 21 heavy (non-hydrogen) atoms. The maximum absolute atomic E-state index is 5.95. The van der Waals surface area contributed by atoms with E-state index in [0.717, 1.165) is 36.6 Å². The van der Waals surface area contributed by atoms with Gasteiger partial charge in [0.25, 0.3) is 0 Å². The predicted octanol–water partition coefficient (Wildman–Crippen LogP) is 4.37. The van der Waals surface area contributed by atoms with Crippen molar-refractivity contribution in [2.45, 2.75) is 46.4 Å². The zero-order valence-corrected chi connectivity index (χ0v) is 13.2. The summed E-state index contributed by atoms with van der Waals surface area (Å²) in [5.74, 6) is 1.93. The second-order valence-corrected chi connectivity index (χ2v) is 5.33. The Morgan fingerprint density at radius 3 is 2.71 bits per heavy atom. The summed E-state index contributed by atoms with van der Waals surface area (Å²) in [5, 5.41) is 3.35. The minimum Gasteiger partial charge on any atom is -0.465 e. The molecule has 1 heterocycles. The van der Waals surface area contributed by atoms with Gasteiger partial charge in [0.05, 0.1) is 19.3 Å². The molecule has 0 aliphatic carbocycles. The molecule has 0 saturated heterocycles. The molecule has 0 saturated carbocycles. The number of hydrogen-bond donors (Lipinski definition) is 1. The maximum atomic E-state index is 5.95. The lowest BCUT2D eigenvalue weighted by Crippen LogP contribution is -2.13. The van der Waals surface area contributed by atoms with E-state index in [1.165, 1.54) is 5.56 Å². The van der Waals surface area contributed by atoms with E-state index in [0.29, 0.717) is 6.61 Å². The molecule has 2 rings (SSSR count). The first-order chi connectivity index (χ1) is 10.2. The number of benzene rings is 1. The Kier molecular flexibility index (Phi) is 6.03. The Morgan fingerprint density at radius 2 is 2.00 bits per heavy atom. The summed E-state index contributed by atoms with van der Waals surface area (Å²) in [7, 11) is 0. The number of furan rings is 1. The Hall–Kier alpha value is -1.58. The molecular formula is C18H25NO2. The van der Waals surface area contributed by atoms with Gasteiger partial charge in [-0.05, 0) is 38.4 Å². The quantitative estimate of drug-likeness (QED) is 0.732. The van der Waals surface area contributed by atoms with Crippen LogP contribution < -0.4 is 5.32 Å². The van der Waals surface area contributed by atoms with Crippen molar-refractivity contribution >= 4 is 0 Å². The van der Waals surface area contributed by atoms with Gasteiger partial charge < -0.3 is 14.5 Å². The van der Waals surface area contributed by atoms with Crippen LogP contribution in [0.3, 0.4) is 0 Å². The number of nitrogens with one attached hydrogen (secondary N) is 1. The van der Waals surface area contributed by atoms with Crippen LogP contribution >= 0.6 is 0 Å². The van der Waals surface area contributed by atoms with Crippen molar-refractivity contribution in [1.29, 1.82) is 0 Å². The van der Waals surface area contributed by atoms with Crippen molar-refractivity contribution in [3.63, 3.8) is 0 Å². The van der Waals surface area contributed by atoms with E-state index in [4.69, 9.17) is 9.15 Å². The van der Waals surface area contributed by atoms with Gasteiger partial charge in [0.15, 0.2) is 0 Å². The molecule has 1 atom stereocenters. The third-order valence-corrected chi connectivity index (χ3v) is 3.56. The molecule has 2 aromatic rings. The van der Waals surface area contributed by atoms with Crippen LogP contribution in [0, 0.1) is 6.92 Å². The number of hydrogen-bond acceptors (Lipinski definition) is 3. The molecule has 3 nitrogen and oxygen atoms in total. The summed E-state index contributed by atoms with van der Waals surface area (Å²) in [6.45, 7) is 8.60. The lowest BCUT2D eigenvalue weighted by atomic mass is 10.1. The monoisotopic (exact) mass is 287 g/mol. The lowest BCUT2D eigenvalue weighted by Gasteiger charge is -2.12. The minimum absolute atomic E-state index is 0.0853. The summed E-state index contributed by atoms with van der Waals surface area (Å²) in [4.78, 5) is 0. The summed E-state index contributed by atoms with van der Waals surface area (Å²) in [6, 6.07) is 12.4. The van der Waals surface area contributed by atoms with Crippen molar-refractivity contribution in [2.75, 3.05) is 6.54 Å². The fourth-order valence-electron chi connectivity index (χ4n) is 2.24. The molecule has 1 unspecified atom stereocenters. The zero-order chi connectivity index (χ0) is 15.1. The van der Waals surface area contributed by atoms with Crippen molar-refractivity contribution in [1.82, 2.24) is 5.32 Å². The lowest BCUT2D eigenvalue weighted by molar-refractivity contribution is 0.0519. The zero-order valence-electron chi connectivity index (χ0n) is 13.2. The minimum atomic E-state index is 0.0853. The van der Waals surface area contributed by atoms with Gasteiger partial charge in [0.1, 0.15) is 11.5 Å². The molecule has 0 fully saturated rings. The molecule has 1 aromatic heterocycles. The van der Waals surface area contributed by atoms with Gasteiger partial charge in [0.2, 0.25) is 0 Å². The van der Waals surface area contributed by atoms with E-state index in [-0.39, 0.29) is 6.10 Å². The van der Waals surface area contributed by atoms with Crippen LogP contribution in [-0.4, -0.2) is 6.54 Å². The largest absolute Gasteiger partial charge is 0.465 e. The first-order valence-electron chi connectivity index (χ1n) is 7.66. The standard InChI is InChI=1S/C18H25NO2/c1-4-10-19-12-18-11-17(15(3)21-18)13-20-14(2)16-8-6-5-7-9-16/h5-9,11,14,19H,4,10,12-13H2,1-3H3. The number of aryl methyl sites for hydroxylation is 1. The van der Waals surface area contributed by atoms with E-state index in [9.17, 15) is 0 Å². The second kappa shape index (κ2) is 8.01. The van der Waals surface area contributed by atoms with Crippen molar-refractivity contribution in [3.05, 3.63) is 59.0 Å². The Morgan fingerprint density at radius 1 is 1.24 bits per heavy atom. The molecule has 0 aliphatic rings. The highest BCUT2D eigenvalue weighted by Crippen LogP contribution is 2.21. The highest BCUT2D eigenvalue weighted by Gasteiger charge is 2.10. The van der Waals surface area contributed by atoms with Crippen LogP contribution in [-0.2, 0) is 17.9 Å². The molecule has 3 heteroatoms. The Labute approximate surface area is 127 Å². The van der Waals surface area contributed by atoms with Gasteiger partial charge in [-0.2, -0.15) is 0 Å². The molecule has 1 N–H and O–H groups in total. The molecule has 114 valence electrons. The first kappa shape index (κ1) is 15.8. The van der Waals surface area contributed by atoms with Crippen molar-refractivity contribution in [3.8, 4) is 0 Å². The summed E-state index contributed by atoms with van der Waals surface area (Å²) >= 11 is 0. The fraction of sp³-hybridized carbons (Fsp3) is 0.444. The van der Waals surface area contributed by atoms with E-state index in [1.807, 2.05) is 25.1 Å². The predicted molar refractivity (Wildman–Crippen MR) is 85.1 cm³/mol. The molecule has 0 aliphatic heterocycles. The van der Waals surface area contributed by atoms with Crippen LogP contribution in [0.1, 0.15) is 49.0 Å². The van der Waals surface area contributed by atoms with E-state index < -0.39 is 0 Å². The highest BCUT2D eigenvalue weighted by molar-refractivity contribution is 5.21. The summed E-state index contributed by atoms with van der Waals surface area (Å²) in [5.41, 5.74) is 2.33. The average Bonchev–Trinajstić information content (AvgIpc) is 2.86. The molecule has 0 bridgehead atoms. The SMILES string of the molecule is CCCNCc1cc(COC(C)c2ccccc2)c(C)o1. The molecule has 0 radical (unpaired) electrons. The van der Waals surface area contributed by atoms with E-state index in [1.54, 1.807) is 0 Å². The number of rotatable bonds is 8. The Bertz CT molecular complexity index is 533. The normalized spacial score (nSPS) is 12.5. The van der Waals surface area contributed by atoms with E-state index >= 15 is 0 Å². The maximum Gasteiger partial charge on any atom is 0.118 e. The van der Waals surface area contributed by atoms with Gasteiger partial charge in [0, 0.05) is 5.56 Å². The van der Waals surface area contributed by atoms with Gasteiger partial charge in [-0.3, -0.25) is 0 Å². The van der Waals surface area contributed by atoms with Gasteiger partial charge in [-0.1, -0.05) is 37.3 Å². The highest BCUT2D eigenvalue weighted by atomic mass is 16.5. The van der Waals surface area contributed by atoms with Crippen LogP contribution in [0.25, 0.3) is 0 Å². The van der Waals surface area contributed by atoms with Crippen LogP contribution in [0.5, 0.6) is 0 Å². The molecule has 0 amide bonds. The molecule has 1 aromatic carbocycles. The Balaban J connectivity index is 1.88.